The van der Waals surface area contributed by atoms with Crippen molar-refractivity contribution in [2.45, 2.75) is 31.8 Å². The van der Waals surface area contributed by atoms with Gasteiger partial charge in [0.1, 0.15) is 17.5 Å². The zero-order valence-electron chi connectivity index (χ0n) is 14.9. The number of ether oxygens (including phenoxy) is 1. The van der Waals surface area contributed by atoms with Crippen LogP contribution in [0.2, 0.25) is 0 Å². The first-order valence-electron chi connectivity index (χ1n) is 9.18. The van der Waals surface area contributed by atoms with Crippen LogP contribution in [0.15, 0.2) is 12.4 Å². The van der Waals surface area contributed by atoms with E-state index in [-0.39, 0.29) is 0 Å². The fourth-order valence-corrected chi connectivity index (χ4v) is 3.77. The quantitative estimate of drug-likeness (QED) is 0.862. The zero-order valence-corrected chi connectivity index (χ0v) is 14.9. The molecule has 2 aliphatic heterocycles. The summed E-state index contributed by atoms with van der Waals surface area (Å²) in [7, 11) is 2.11. The van der Waals surface area contributed by atoms with Gasteiger partial charge in [0.15, 0.2) is 0 Å². The molecule has 2 fully saturated rings. The summed E-state index contributed by atoms with van der Waals surface area (Å²) in [6.07, 6.45) is 5.96. The van der Waals surface area contributed by atoms with Gasteiger partial charge in [-0.25, -0.2) is 4.98 Å². The fourth-order valence-electron chi connectivity index (χ4n) is 3.77. The van der Waals surface area contributed by atoms with Gasteiger partial charge in [0.2, 0.25) is 0 Å². The number of rotatable bonds is 5. The van der Waals surface area contributed by atoms with E-state index in [0.717, 1.165) is 82.8 Å². The van der Waals surface area contributed by atoms with E-state index in [9.17, 15) is 0 Å². The third kappa shape index (κ3) is 3.91. The molecule has 0 saturated carbocycles. The first kappa shape index (κ1) is 16.7. The molecule has 4 rings (SSSR count). The molecule has 0 aromatic carbocycles. The molecule has 2 saturated heterocycles. The lowest BCUT2D eigenvalue weighted by molar-refractivity contribution is 0.0326. The Kier molecular flexibility index (Phi) is 5.09. The van der Waals surface area contributed by atoms with E-state index in [0.29, 0.717) is 5.92 Å². The van der Waals surface area contributed by atoms with Gasteiger partial charge in [-0.15, -0.1) is 10.2 Å². The summed E-state index contributed by atoms with van der Waals surface area (Å²) in [5, 5.41) is 8.99. The number of morpholine rings is 1. The molecular formula is C17H27N7O. The summed E-state index contributed by atoms with van der Waals surface area (Å²) in [5.41, 5.74) is 0. The molecule has 0 atom stereocenters. The van der Waals surface area contributed by atoms with E-state index in [1.54, 1.807) is 0 Å². The van der Waals surface area contributed by atoms with Crippen LogP contribution in [0.1, 0.15) is 36.2 Å². The highest BCUT2D eigenvalue weighted by molar-refractivity contribution is 5.04. The van der Waals surface area contributed by atoms with Gasteiger partial charge in [-0.2, -0.15) is 0 Å². The molecule has 0 aliphatic carbocycles. The number of nitrogens with zero attached hydrogens (tertiary/aromatic N) is 6. The van der Waals surface area contributed by atoms with Crippen molar-refractivity contribution in [1.82, 2.24) is 34.5 Å². The lowest BCUT2D eigenvalue weighted by atomic mass is 9.96. The van der Waals surface area contributed by atoms with Crippen LogP contribution in [0.5, 0.6) is 0 Å². The van der Waals surface area contributed by atoms with E-state index in [1.165, 1.54) is 0 Å². The van der Waals surface area contributed by atoms with E-state index >= 15 is 0 Å². The van der Waals surface area contributed by atoms with Gasteiger partial charge in [-0.05, 0) is 25.9 Å². The largest absolute Gasteiger partial charge is 0.379 e. The van der Waals surface area contributed by atoms with Crippen LogP contribution in [0.25, 0.3) is 0 Å². The van der Waals surface area contributed by atoms with Crippen LogP contribution >= 0.6 is 0 Å². The second-order valence-electron chi connectivity index (χ2n) is 7.01. The molecule has 0 bridgehead atoms. The summed E-state index contributed by atoms with van der Waals surface area (Å²) >= 11 is 0. The van der Waals surface area contributed by atoms with E-state index in [1.807, 2.05) is 12.4 Å². The van der Waals surface area contributed by atoms with Gasteiger partial charge >= 0.3 is 0 Å². The Morgan fingerprint density at radius 2 is 1.84 bits per heavy atom. The van der Waals surface area contributed by atoms with Crippen LogP contribution in [-0.4, -0.2) is 73.9 Å². The molecule has 8 nitrogen and oxygen atoms in total. The van der Waals surface area contributed by atoms with Gasteiger partial charge < -0.3 is 14.3 Å². The molecule has 2 aliphatic rings. The molecule has 2 aromatic rings. The summed E-state index contributed by atoms with van der Waals surface area (Å²) in [6, 6.07) is 0. The summed E-state index contributed by atoms with van der Waals surface area (Å²) in [6.45, 7) is 7.53. The van der Waals surface area contributed by atoms with Crippen LogP contribution in [0.3, 0.4) is 0 Å². The fraction of sp³-hybridized carbons (Fsp3) is 0.706. The molecule has 4 heterocycles. The molecular weight excluding hydrogens is 318 g/mol. The summed E-state index contributed by atoms with van der Waals surface area (Å²) in [4.78, 5) is 12.4. The Labute approximate surface area is 148 Å². The third-order valence-electron chi connectivity index (χ3n) is 5.35. The Morgan fingerprint density at radius 1 is 1.08 bits per heavy atom. The average Bonchev–Trinajstić information content (AvgIpc) is 3.28. The average molecular weight is 345 g/mol. The first-order chi connectivity index (χ1) is 12.3. The number of aromatic amines is 1. The molecule has 0 radical (unpaired) electrons. The minimum atomic E-state index is 0.504. The topological polar surface area (TPSA) is 75.1 Å². The molecule has 1 N–H and O–H groups in total. The number of hydrogen-bond acceptors (Lipinski definition) is 6. The number of imidazole rings is 1. The molecule has 0 spiro atoms. The van der Waals surface area contributed by atoms with Crippen molar-refractivity contribution in [2.75, 3.05) is 39.4 Å². The SMILES string of the molecule is Cn1c(CN2CCOCC2)nnc1C1CCN(Cc2ncc[nH]2)CC1. The first-order valence-corrected chi connectivity index (χ1v) is 9.18. The molecule has 0 unspecified atom stereocenters. The minimum Gasteiger partial charge on any atom is -0.379 e. The highest BCUT2D eigenvalue weighted by Crippen LogP contribution is 2.27. The van der Waals surface area contributed by atoms with Crippen molar-refractivity contribution in [3.63, 3.8) is 0 Å². The Balaban J connectivity index is 1.33. The standard InChI is InChI=1S/C17H27N7O/c1-22-16(13-24-8-10-25-11-9-24)20-21-17(22)14-2-6-23(7-3-14)12-15-18-4-5-19-15/h4-5,14H,2-3,6-13H2,1H3,(H,18,19). The van der Waals surface area contributed by atoms with Crippen LogP contribution in [0, 0.1) is 0 Å². The Bertz CT molecular complexity index is 655. The van der Waals surface area contributed by atoms with Crippen LogP contribution in [-0.2, 0) is 24.9 Å². The van der Waals surface area contributed by atoms with Crippen LogP contribution in [0.4, 0.5) is 0 Å². The second kappa shape index (κ2) is 7.63. The van der Waals surface area contributed by atoms with Gasteiger partial charge in [0, 0.05) is 38.4 Å². The molecule has 25 heavy (non-hydrogen) atoms. The maximum absolute atomic E-state index is 5.42. The van der Waals surface area contributed by atoms with E-state index in [4.69, 9.17) is 4.74 Å². The Morgan fingerprint density at radius 3 is 2.56 bits per heavy atom. The minimum absolute atomic E-state index is 0.504. The monoisotopic (exact) mass is 345 g/mol. The van der Waals surface area contributed by atoms with Crippen molar-refractivity contribution in [3.8, 4) is 0 Å². The summed E-state index contributed by atoms with van der Waals surface area (Å²) in [5.74, 6) is 3.75. The normalized spacial score (nSPS) is 21.0. The second-order valence-corrected chi connectivity index (χ2v) is 7.01. The van der Waals surface area contributed by atoms with Crippen molar-refractivity contribution in [3.05, 3.63) is 29.9 Å². The smallest absolute Gasteiger partial charge is 0.146 e. The van der Waals surface area contributed by atoms with Crippen LogP contribution < -0.4 is 0 Å². The van der Waals surface area contributed by atoms with Gasteiger partial charge in [0.05, 0.1) is 26.3 Å². The number of aromatic nitrogens is 5. The molecule has 0 amide bonds. The highest BCUT2D eigenvalue weighted by Gasteiger charge is 2.26. The van der Waals surface area contributed by atoms with E-state index in [2.05, 4.69) is 41.6 Å². The number of hydrogen-bond donors (Lipinski definition) is 1. The van der Waals surface area contributed by atoms with Crippen molar-refractivity contribution in [1.29, 1.82) is 0 Å². The Hall–Kier alpha value is -1.77. The van der Waals surface area contributed by atoms with Crippen molar-refractivity contribution in [2.24, 2.45) is 7.05 Å². The highest BCUT2D eigenvalue weighted by atomic mass is 16.5. The number of piperidine rings is 1. The third-order valence-corrected chi connectivity index (χ3v) is 5.35. The molecule has 8 heteroatoms. The maximum atomic E-state index is 5.42. The lowest BCUT2D eigenvalue weighted by Crippen LogP contribution is -2.36. The summed E-state index contributed by atoms with van der Waals surface area (Å²) < 4.78 is 7.63. The van der Waals surface area contributed by atoms with Crippen molar-refractivity contribution < 1.29 is 4.74 Å². The van der Waals surface area contributed by atoms with Crippen molar-refractivity contribution >= 4 is 0 Å². The molecule has 136 valence electrons. The molecule has 2 aromatic heterocycles. The van der Waals surface area contributed by atoms with E-state index < -0.39 is 0 Å². The zero-order chi connectivity index (χ0) is 17.1. The number of H-pyrrole nitrogens is 1. The maximum Gasteiger partial charge on any atom is 0.146 e. The lowest BCUT2D eigenvalue weighted by Gasteiger charge is -2.31. The predicted molar refractivity (Wildman–Crippen MR) is 92.9 cm³/mol. The number of likely N-dealkylation sites (tertiary alicyclic amines) is 1. The van der Waals surface area contributed by atoms with Gasteiger partial charge in [0.25, 0.3) is 0 Å². The number of nitrogens with one attached hydrogen (secondary N) is 1. The predicted octanol–water partition coefficient (Wildman–Crippen LogP) is 0.750. The van der Waals surface area contributed by atoms with Gasteiger partial charge in [-0.3, -0.25) is 9.80 Å². The van der Waals surface area contributed by atoms with Gasteiger partial charge in [-0.1, -0.05) is 0 Å².